The number of hydrogen-bond donors (Lipinski definition) is 2. The molecule has 0 saturated carbocycles. The zero-order valence-corrected chi connectivity index (χ0v) is 10.0. The lowest BCUT2D eigenvalue weighted by Crippen LogP contribution is -2.32. The molecule has 0 atom stereocenters. The molecule has 0 heterocycles. The van der Waals surface area contributed by atoms with Crippen molar-refractivity contribution in [3.05, 3.63) is 23.8 Å². The lowest BCUT2D eigenvalue weighted by atomic mass is 10.1. The van der Waals surface area contributed by atoms with Gasteiger partial charge in [0.2, 0.25) is 5.91 Å². The molecule has 0 unspecified atom stereocenters. The third kappa shape index (κ3) is 3.11. The van der Waals surface area contributed by atoms with Crippen molar-refractivity contribution >= 4 is 17.3 Å². The minimum absolute atomic E-state index is 0.0192. The number of nitrogens with two attached hydrogens (primary N) is 1. The summed E-state index contributed by atoms with van der Waals surface area (Å²) in [7, 11) is 1.74. The Kier molecular flexibility index (Phi) is 4.35. The van der Waals surface area contributed by atoms with E-state index in [0.29, 0.717) is 23.5 Å². The maximum Gasteiger partial charge on any atom is 0.241 e. The number of nitrogen functional groups attached to an aromatic ring is 1. The van der Waals surface area contributed by atoms with E-state index in [1.165, 1.54) is 0 Å². The minimum atomic E-state index is -0.0192. The normalized spacial score (nSPS) is 9.47. The van der Waals surface area contributed by atoms with Gasteiger partial charge in [0, 0.05) is 13.6 Å². The smallest absolute Gasteiger partial charge is 0.241 e. The van der Waals surface area contributed by atoms with Gasteiger partial charge in [0.25, 0.3) is 0 Å². The van der Waals surface area contributed by atoms with Gasteiger partial charge in [0.05, 0.1) is 23.5 Å². The van der Waals surface area contributed by atoms with E-state index in [2.05, 4.69) is 5.32 Å². The van der Waals surface area contributed by atoms with Gasteiger partial charge >= 0.3 is 0 Å². The van der Waals surface area contributed by atoms with Crippen molar-refractivity contribution in [3.63, 3.8) is 0 Å². The van der Waals surface area contributed by atoms with Gasteiger partial charge in [-0.25, -0.2) is 0 Å². The van der Waals surface area contributed by atoms with E-state index in [9.17, 15) is 4.79 Å². The average molecular weight is 232 g/mol. The number of para-hydroxylation sites is 1. The van der Waals surface area contributed by atoms with Crippen LogP contribution in [0.3, 0.4) is 0 Å². The maximum absolute atomic E-state index is 11.6. The van der Waals surface area contributed by atoms with E-state index in [-0.39, 0.29) is 12.5 Å². The van der Waals surface area contributed by atoms with Gasteiger partial charge in [-0.05, 0) is 19.1 Å². The maximum atomic E-state index is 11.6. The summed E-state index contributed by atoms with van der Waals surface area (Å²) in [4.78, 5) is 13.2. The summed E-state index contributed by atoms with van der Waals surface area (Å²) in [6.45, 7) is 2.74. The second-order valence-electron chi connectivity index (χ2n) is 3.64. The standard InChI is InChI=1S/C12H16N4O/c1-3-16(2)11(17)8-15-10-6-4-5-9(7-13)12(10)14/h4-6,15H,3,8,14H2,1-2H3. The molecule has 1 amide bonds. The summed E-state index contributed by atoms with van der Waals surface area (Å²) in [5.74, 6) is -0.0192. The van der Waals surface area contributed by atoms with Crippen LogP contribution < -0.4 is 11.1 Å². The Bertz CT molecular complexity index is 450. The van der Waals surface area contributed by atoms with Crippen molar-refractivity contribution in [2.45, 2.75) is 6.92 Å². The first-order valence-electron chi connectivity index (χ1n) is 5.36. The predicted octanol–water partition coefficient (Wildman–Crippen LogP) is 1.03. The lowest BCUT2D eigenvalue weighted by Gasteiger charge is -2.16. The average Bonchev–Trinajstić information content (AvgIpc) is 2.36. The van der Waals surface area contributed by atoms with E-state index >= 15 is 0 Å². The number of nitriles is 1. The highest BCUT2D eigenvalue weighted by Crippen LogP contribution is 2.21. The van der Waals surface area contributed by atoms with Crippen LogP contribution in [0.2, 0.25) is 0 Å². The zero-order chi connectivity index (χ0) is 12.8. The third-order valence-corrected chi connectivity index (χ3v) is 2.56. The second-order valence-corrected chi connectivity index (χ2v) is 3.64. The molecule has 5 heteroatoms. The fraction of sp³-hybridized carbons (Fsp3) is 0.333. The molecule has 0 aromatic heterocycles. The van der Waals surface area contributed by atoms with Crippen LogP contribution in [0.4, 0.5) is 11.4 Å². The van der Waals surface area contributed by atoms with Gasteiger partial charge in [-0.15, -0.1) is 0 Å². The van der Waals surface area contributed by atoms with Crippen LogP contribution in [0.25, 0.3) is 0 Å². The Hall–Kier alpha value is -2.22. The van der Waals surface area contributed by atoms with Crippen LogP contribution >= 0.6 is 0 Å². The van der Waals surface area contributed by atoms with E-state index in [4.69, 9.17) is 11.0 Å². The Morgan fingerprint density at radius 3 is 2.88 bits per heavy atom. The first-order chi connectivity index (χ1) is 8.10. The van der Waals surface area contributed by atoms with Crippen molar-refractivity contribution < 1.29 is 4.79 Å². The molecule has 17 heavy (non-hydrogen) atoms. The molecule has 0 aliphatic heterocycles. The molecular weight excluding hydrogens is 216 g/mol. The Morgan fingerprint density at radius 1 is 1.59 bits per heavy atom. The number of rotatable bonds is 4. The Morgan fingerprint density at radius 2 is 2.29 bits per heavy atom. The summed E-state index contributed by atoms with van der Waals surface area (Å²) in [5, 5.41) is 11.7. The first-order valence-corrected chi connectivity index (χ1v) is 5.36. The lowest BCUT2D eigenvalue weighted by molar-refractivity contribution is -0.127. The van der Waals surface area contributed by atoms with Crippen molar-refractivity contribution in [2.24, 2.45) is 0 Å². The predicted molar refractivity (Wildman–Crippen MR) is 67.4 cm³/mol. The van der Waals surface area contributed by atoms with Crippen molar-refractivity contribution in [2.75, 3.05) is 31.2 Å². The molecule has 0 spiro atoms. The fourth-order valence-electron chi connectivity index (χ4n) is 1.30. The largest absolute Gasteiger partial charge is 0.396 e. The van der Waals surface area contributed by atoms with Crippen molar-refractivity contribution in [1.82, 2.24) is 4.90 Å². The first kappa shape index (κ1) is 12.8. The molecule has 0 aliphatic rings. The van der Waals surface area contributed by atoms with Crippen LogP contribution in [-0.2, 0) is 4.79 Å². The van der Waals surface area contributed by atoms with Crippen LogP contribution in [0.5, 0.6) is 0 Å². The molecule has 0 radical (unpaired) electrons. The Labute approximate surface area is 101 Å². The molecule has 1 aromatic carbocycles. The quantitative estimate of drug-likeness (QED) is 0.760. The van der Waals surface area contributed by atoms with Gasteiger partial charge in [-0.3, -0.25) is 4.79 Å². The molecule has 1 rings (SSSR count). The summed E-state index contributed by atoms with van der Waals surface area (Å²) in [6, 6.07) is 7.11. The topological polar surface area (TPSA) is 82.2 Å². The van der Waals surface area contributed by atoms with Crippen LogP contribution in [0, 0.1) is 11.3 Å². The van der Waals surface area contributed by atoms with Gasteiger partial charge in [0.1, 0.15) is 6.07 Å². The molecule has 0 aliphatic carbocycles. The number of hydrogen-bond acceptors (Lipinski definition) is 4. The highest BCUT2D eigenvalue weighted by Gasteiger charge is 2.08. The van der Waals surface area contributed by atoms with Crippen LogP contribution in [0.15, 0.2) is 18.2 Å². The van der Waals surface area contributed by atoms with Crippen LogP contribution in [-0.4, -0.2) is 30.9 Å². The number of benzene rings is 1. The molecule has 0 bridgehead atoms. The van der Waals surface area contributed by atoms with Gasteiger partial charge in [-0.1, -0.05) is 6.07 Å². The van der Waals surface area contributed by atoms with Gasteiger partial charge in [0.15, 0.2) is 0 Å². The van der Waals surface area contributed by atoms with E-state index in [0.717, 1.165) is 0 Å². The van der Waals surface area contributed by atoms with Gasteiger partial charge in [-0.2, -0.15) is 5.26 Å². The molecule has 90 valence electrons. The molecule has 3 N–H and O–H groups in total. The van der Waals surface area contributed by atoms with Crippen molar-refractivity contribution in [1.29, 1.82) is 5.26 Å². The Balaban J connectivity index is 2.71. The number of anilines is 2. The fourth-order valence-corrected chi connectivity index (χ4v) is 1.30. The summed E-state index contributed by atoms with van der Waals surface area (Å²) in [5.41, 5.74) is 7.18. The second kappa shape index (κ2) is 5.75. The molecule has 0 fully saturated rings. The molecule has 0 saturated heterocycles. The van der Waals surface area contributed by atoms with E-state index in [1.54, 1.807) is 30.1 Å². The number of amides is 1. The van der Waals surface area contributed by atoms with Crippen molar-refractivity contribution in [3.8, 4) is 6.07 Å². The molecular formula is C12H16N4O. The number of nitrogens with zero attached hydrogens (tertiary/aromatic N) is 2. The number of nitrogens with one attached hydrogen (secondary N) is 1. The van der Waals surface area contributed by atoms with Crippen LogP contribution in [0.1, 0.15) is 12.5 Å². The van der Waals surface area contributed by atoms with E-state index < -0.39 is 0 Å². The number of carbonyl (C=O) groups excluding carboxylic acids is 1. The zero-order valence-electron chi connectivity index (χ0n) is 10.0. The highest BCUT2D eigenvalue weighted by molar-refractivity contribution is 5.83. The summed E-state index contributed by atoms with van der Waals surface area (Å²) < 4.78 is 0. The highest BCUT2D eigenvalue weighted by atomic mass is 16.2. The minimum Gasteiger partial charge on any atom is -0.396 e. The summed E-state index contributed by atoms with van der Waals surface area (Å²) >= 11 is 0. The molecule has 1 aromatic rings. The number of likely N-dealkylation sites (N-methyl/N-ethyl adjacent to an activating group) is 1. The van der Waals surface area contributed by atoms with E-state index in [1.807, 2.05) is 13.0 Å². The monoisotopic (exact) mass is 232 g/mol. The summed E-state index contributed by atoms with van der Waals surface area (Å²) in [6.07, 6.45) is 0. The number of carbonyl (C=O) groups is 1. The van der Waals surface area contributed by atoms with Gasteiger partial charge < -0.3 is 16.0 Å². The SMILES string of the molecule is CCN(C)C(=O)CNc1cccc(C#N)c1N. The molecule has 5 nitrogen and oxygen atoms in total. The third-order valence-electron chi connectivity index (χ3n) is 2.56.